The van der Waals surface area contributed by atoms with Gasteiger partial charge in [0, 0.05) is 32.1 Å². The molecule has 2 aliphatic heterocycles. The van der Waals surface area contributed by atoms with Gasteiger partial charge in [0.25, 0.3) is 0 Å². The molecular weight excluding hydrogens is 330 g/mol. The zero-order chi connectivity index (χ0) is 17.9. The summed E-state index contributed by atoms with van der Waals surface area (Å²) in [5.74, 6) is 2.64. The fourth-order valence-electron chi connectivity index (χ4n) is 3.94. The molecule has 8 heteroatoms. The lowest BCUT2D eigenvalue weighted by atomic mass is 9.93. The molecule has 8 nitrogen and oxygen atoms in total. The van der Waals surface area contributed by atoms with Crippen molar-refractivity contribution in [2.75, 3.05) is 31.1 Å². The third-order valence-corrected chi connectivity index (χ3v) is 5.43. The van der Waals surface area contributed by atoms with Gasteiger partial charge in [0.1, 0.15) is 12.7 Å². The van der Waals surface area contributed by atoms with Crippen LogP contribution in [0.2, 0.25) is 0 Å². The van der Waals surface area contributed by atoms with Gasteiger partial charge in [-0.25, -0.2) is 9.67 Å². The smallest absolute Gasteiger partial charge is 0.225 e. The molecule has 0 aromatic carbocycles. The minimum Gasteiger partial charge on any atom is -0.355 e. The van der Waals surface area contributed by atoms with Crippen molar-refractivity contribution in [1.29, 1.82) is 0 Å². The second-order valence-corrected chi connectivity index (χ2v) is 7.38. The first-order valence-corrected chi connectivity index (χ1v) is 9.43. The molecule has 4 heterocycles. The first kappa shape index (κ1) is 16.9. The number of carbonyl (C=O) groups is 1. The average Bonchev–Trinajstić information content (AvgIpc) is 3.23. The lowest BCUT2D eigenvalue weighted by Gasteiger charge is -2.37. The normalized spacial score (nSPS) is 21.8. The molecule has 2 saturated heterocycles. The first-order chi connectivity index (χ1) is 12.7. The summed E-state index contributed by atoms with van der Waals surface area (Å²) >= 11 is 0. The van der Waals surface area contributed by atoms with Crippen molar-refractivity contribution < 1.29 is 4.79 Å². The van der Waals surface area contributed by atoms with E-state index >= 15 is 0 Å². The third-order valence-electron chi connectivity index (χ3n) is 5.43. The van der Waals surface area contributed by atoms with Crippen molar-refractivity contribution in [2.24, 2.45) is 11.8 Å². The van der Waals surface area contributed by atoms with Crippen molar-refractivity contribution in [3.8, 4) is 5.82 Å². The second kappa shape index (κ2) is 7.39. The van der Waals surface area contributed by atoms with Crippen LogP contribution in [0.1, 0.15) is 32.6 Å². The Balaban J connectivity index is 1.34. The van der Waals surface area contributed by atoms with Crippen LogP contribution in [0.5, 0.6) is 0 Å². The van der Waals surface area contributed by atoms with Gasteiger partial charge in [-0.15, -0.1) is 10.2 Å². The van der Waals surface area contributed by atoms with Crippen molar-refractivity contribution in [2.45, 2.75) is 32.6 Å². The molecule has 1 atom stereocenters. The van der Waals surface area contributed by atoms with Gasteiger partial charge >= 0.3 is 0 Å². The van der Waals surface area contributed by atoms with Crippen LogP contribution in [-0.2, 0) is 4.79 Å². The van der Waals surface area contributed by atoms with E-state index in [1.54, 1.807) is 11.0 Å². The van der Waals surface area contributed by atoms with Crippen molar-refractivity contribution in [3.05, 3.63) is 24.8 Å². The van der Waals surface area contributed by atoms with Crippen molar-refractivity contribution in [3.63, 3.8) is 0 Å². The fraction of sp³-hybridized carbons (Fsp3) is 0.611. The number of aromatic nitrogens is 5. The van der Waals surface area contributed by atoms with Gasteiger partial charge in [0.15, 0.2) is 11.6 Å². The van der Waals surface area contributed by atoms with Gasteiger partial charge in [0.05, 0.1) is 0 Å². The highest BCUT2D eigenvalue weighted by Gasteiger charge is 2.30. The molecule has 0 saturated carbocycles. The molecule has 2 aliphatic rings. The van der Waals surface area contributed by atoms with Crippen molar-refractivity contribution in [1.82, 2.24) is 29.9 Å². The van der Waals surface area contributed by atoms with Crippen LogP contribution < -0.4 is 4.90 Å². The minimum absolute atomic E-state index is 0.152. The lowest BCUT2D eigenvalue weighted by Crippen LogP contribution is -2.46. The predicted octanol–water partition coefficient (Wildman–Crippen LogP) is 1.53. The Kier molecular flexibility index (Phi) is 4.81. The van der Waals surface area contributed by atoms with E-state index in [4.69, 9.17) is 0 Å². The molecule has 0 radical (unpaired) electrons. The second-order valence-electron chi connectivity index (χ2n) is 7.38. The largest absolute Gasteiger partial charge is 0.355 e. The minimum atomic E-state index is 0.152. The Hall–Kier alpha value is -2.51. The monoisotopic (exact) mass is 355 g/mol. The van der Waals surface area contributed by atoms with E-state index in [0.29, 0.717) is 17.6 Å². The SMILES string of the molecule is CC1CCCN(C(=O)C2CCN(c3ccc(-n4cncn4)nn3)CC2)C1. The summed E-state index contributed by atoms with van der Waals surface area (Å²) in [6.45, 7) is 5.78. The first-order valence-electron chi connectivity index (χ1n) is 9.43. The van der Waals surface area contributed by atoms with Gasteiger partial charge in [-0.1, -0.05) is 6.92 Å². The topological polar surface area (TPSA) is 80.0 Å². The Morgan fingerprint density at radius 3 is 2.50 bits per heavy atom. The molecule has 2 fully saturated rings. The summed E-state index contributed by atoms with van der Waals surface area (Å²) in [4.78, 5) is 21.0. The number of hydrogen-bond donors (Lipinski definition) is 0. The highest BCUT2D eigenvalue weighted by Crippen LogP contribution is 2.25. The number of nitrogens with zero attached hydrogens (tertiary/aromatic N) is 7. The number of anilines is 1. The quantitative estimate of drug-likeness (QED) is 0.831. The Bertz CT molecular complexity index is 723. The third kappa shape index (κ3) is 3.54. The molecule has 2 aromatic rings. The number of likely N-dealkylation sites (tertiary alicyclic amines) is 1. The Labute approximate surface area is 153 Å². The predicted molar refractivity (Wildman–Crippen MR) is 96.9 cm³/mol. The summed E-state index contributed by atoms with van der Waals surface area (Å²) in [7, 11) is 0. The van der Waals surface area contributed by atoms with Gasteiger partial charge < -0.3 is 9.80 Å². The van der Waals surface area contributed by atoms with E-state index in [0.717, 1.165) is 51.3 Å². The van der Waals surface area contributed by atoms with Crippen LogP contribution in [0, 0.1) is 11.8 Å². The average molecular weight is 355 g/mol. The number of piperidine rings is 2. The highest BCUT2D eigenvalue weighted by molar-refractivity contribution is 5.79. The van der Waals surface area contributed by atoms with E-state index < -0.39 is 0 Å². The van der Waals surface area contributed by atoms with Gasteiger partial charge in [-0.05, 0) is 43.7 Å². The van der Waals surface area contributed by atoms with Gasteiger partial charge in [-0.2, -0.15) is 5.10 Å². The van der Waals surface area contributed by atoms with E-state index in [1.807, 2.05) is 12.1 Å². The molecule has 0 bridgehead atoms. The summed E-state index contributed by atoms with van der Waals surface area (Å²) in [6.07, 6.45) is 7.22. The molecule has 1 amide bonds. The van der Waals surface area contributed by atoms with Crippen LogP contribution in [-0.4, -0.2) is 61.9 Å². The number of rotatable bonds is 3. The van der Waals surface area contributed by atoms with Crippen LogP contribution in [0.3, 0.4) is 0 Å². The molecular formula is C18H25N7O. The highest BCUT2D eigenvalue weighted by atomic mass is 16.2. The summed E-state index contributed by atoms with van der Waals surface area (Å²) in [5, 5.41) is 12.6. The number of carbonyl (C=O) groups excluding carboxylic acids is 1. The van der Waals surface area contributed by atoms with E-state index in [9.17, 15) is 4.79 Å². The van der Waals surface area contributed by atoms with E-state index in [1.165, 1.54) is 12.7 Å². The Morgan fingerprint density at radius 1 is 1.08 bits per heavy atom. The standard InChI is InChI=1S/C18H25N7O/c1-14-3-2-8-24(11-14)18(26)15-6-9-23(10-7-15)16-4-5-17(22-21-16)25-13-19-12-20-25/h4-5,12-15H,2-3,6-11H2,1H3. The summed E-state index contributed by atoms with van der Waals surface area (Å²) in [5.41, 5.74) is 0. The molecule has 0 aliphatic carbocycles. The molecule has 26 heavy (non-hydrogen) atoms. The van der Waals surface area contributed by atoms with E-state index in [2.05, 4.69) is 37.0 Å². The van der Waals surface area contributed by atoms with Crippen molar-refractivity contribution >= 4 is 11.7 Å². The maximum absolute atomic E-state index is 12.8. The molecule has 2 aromatic heterocycles. The Morgan fingerprint density at radius 2 is 1.85 bits per heavy atom. The summed E-state index contributed by atoms with van der Waals surface area (Å²) < 4.78 is 1.58. The molecule has 138 valence electrons. The molecule has 0 spiro atoms. The fourth-order valence-corrected chi connectivity index (χ4v) is 3.94. The number of hydrogen-bond acceptors (Lipinski definition) is 6. The van der Waals surface area contributed by atoms with Gasteiger partial charge in [0.2, 0.25) is 5.91 Å². The van der Waals surface area contributed by atoms with Crippen LogP contribution in [0.4, 0.5) is 5.82 Å². The molecule has 0 N–H and O–H groups in total. The van der Waals surface area contributed by atoms with Crippen LogP contribution in [0.15, 0.2) is 24.8 Å². The molecule has 1 unspecified atom stereocenters. The molecule has 4 rings (SSSR count). The van der Waals surface area contributed by atoms with E-state index in [-0.39, 0.29) is 5.92 Å². The van der Waals surface area contributed by atoms with Crippen LogP contribution >= 0.6 is 0 Å². The zero-order valence-corrected chi connectivity index (χ0v) is 15.2. The lowest BCUT2D eigenvalue weighted by molar-refractivity contribution is -0.137. The zero-order valence-electron chi connectivity index (χ0n) is 15.2. The summed E-state index contributed by atoms with van der Waals surface area (Å²) in [6, 6.07) is 3.85. The maximum Gasteiger partial charge on any atom is 0.225 e. The van der Waals surface area contributed by atoms with Crippen LogP contribution in [0.25, 0.3) is 5.82 Å². The van der Waals surface area contributed by atoms with Gasteiger partial charge in [-0.3, -0.25) is 4.79 Å². The number of amides is 1. The maximum atomic E-state index is 12.8.